The molecule has 6 nitrogen and oxygen atoms in total. The fourth-order valence-corrected chi connectivity index (χ4v) is 2.42. The Morgan fingerprint density at radius 1 is 1.44 bits per heavy atom. The lowest BCUT2D eigenvalue weighted by Gasteiger charge is -2.10. The van der Waals surface area contributed by atoms with Crippen LogP contribution in [0.25, 0.3) is 0 Å². The normalized spacial score (nSPS) is 12.4. The smallest absolute Gasteiger partial charge is 0.243 e. The Morgan fingerprint density at radius 2 is 2.17 bits per heavy atom. The largest absolute Gasteiger partial charge is 0.244 e. The van der Waals surface area contributed by atoms with Crippen molar-refractivity contribution in [3.63, 3.8) is 0 Å². The highest BCUT2D eigenvalue weighted by molar-refractivity contribution is 7.89. The molecule has 0 spiro atoms. The molecule has 18 heavy (non-hydrogen) atoms. The van der Waals surface area contributed by atoms with Crippen LogP contribution in [-0.2, 0) is 10.0 Å². The van der Waals surface area contributed by atoms with Crippen LogP contribution in [0.2, 0.25) is 0 Å². The zero-order chi connectivity index (χ0) is 13.6. The van der Waals surface area contributed by atoms with E-state index in [-0.39, 0.29) is 10.6 Å². The quantitative estimate of drug-likeness (QED) is 0.851. The predicted molar refractivity (Wildman–Crippen MR) is 63.6 cm³/mol. The fourth-order valence-electron chi connectivity index (χ4n) is 1.30. The van der Waals surface area contributed by atoms with Crippen molar-refractivity contribution in [2.45, 2.75) is 30.7 Å². The summed E-state index contributed by atoms with van der Waals surface area (Å²) in [6.45, 7) is 1.86. The summed E-state index contributed by atoms with van der Waals surface area (Å²) in [5.41, 5.74) is 0.138. The van der Waals surface area contributed by atoms with Gasteiger partial charge in [-0.1, -0.05) is 13.3 Å². The van der Waals surface area contributed by atoms with Crippen molar-refractivity contribution < 1.29 is 8.42 Å². The Hall–Kier alpha value is -1.96. The summed E-state index contributed by atoms with van der Waals surface area (Å²) in [7, 11) is -3.76. The number of hydrogen-bond donors (Lipinski definition) is 1. The minimum Gasteiger partial charge on any atom is -0.244 e. The lowest BCUT2D eigenvalue weighted by molar-refractivity contribution is 0.562. The zero-order valence-electron chi connectivity index (χ0n) is 9.79. The molecule has 1 N–H and O–H groups in total. The Bertz CT molecular complexity index is 581. The van der Waals surface area contributed by atoms with Crippen molar-refractivity contribution in [2.75, 3.05) is 0 Å². The molecule has 0 aliphatic carbocycles. The Kier molecular flexibility index (Phi) is 4.78. The van der Waals surface area contributed by atoms with Crippen LogP contribution in [0.5, 0.6) is 0 Å². The zero-order valence-corrected chi connectivity index (χ0v) is 10.6. The van der Waals surface area contributed by atoms with Gasteiger partial charge in [0.2, 0.25) is 10.0 Å². The number of pyridine rings is 1. The highest BCUT2D eigenvalue weighted by Gasteiger charge is 2.19. The molecule has 0 fully saturated rings. The van der Waals surface area contributed by atoms with Gasteiger partial charge in [0.05, 0.1) is 6.07 Å². The average molecular weight is 264 g/mol. The number of sulfonamides is 1. The van der Waals surface area contributed by atoms with E-state index < -0.39 is 16.1 Å². The van der Waals surface area contributed by atoms with E-state index in [1.54, 1.807) is 6.07 Å². The van der Waals surface area contributed by atoms with Crippen molar-refractivity contribution in [3.05, 3.63) is 24.0 Å². The second-order valence-corrected chi connectivity index (χ2v) is 5.30. The summed E-state index contributed by atoms with van der Waals surface area (Å²) in [5, 5.41) is 17.4. The first-order valence-corrected chi connectivity index (χ1v) is 6.80. The van der Waals surface area contributed by atoms with Gasteiger partial charge in [-0.3, -0.25) is 0 Å². The van der Waals surface area contributed by atoms with Crippen molar-refractivity contribution in [1.82, 2.24) is 9.71 Å². The second-order valence-electron chi connectivity index (χ2n) is 3.58. The van der Waals surface area contributed by atoms with E-state index >= 15 is 0 Å². The number of aromatic nitrogens is 1. The minimum atomic E-state index is -3.76. The molecule has 94 valence electrons. The van der Waals surface area contributed by atoms with Crippen LogP contribution in [0, 0.1) is 22.7 Å². The van der Waals surface area contributed by atoms with E-state index in [1.807, 2.05) is 13.0 Å². The molecular formula is C11H12N4O2S. The summed E-state index contributed by atoms with van der Waals surface area (Å²) < 4.78 is 26.1. The minimum absolute atomic E-state index is 0.0575. The average Bonchev–Trinajstić information content (AvgIpc) is 2.38. The van der Waals surface area contributed by atoms with Gasteiger partial charge in [0.1, 0.15) is 22.7 Å². The molecule has 0 aliphatic rings. The number of rotatable bonds is 5. The molecular weight excluding hydrogens is 252 g/mol. The third-order valence-electron chi connectivity index (χ3n) is 2.19. The van der Waals surface area contributed by atoms with Gasteiger partial charge in [-0.2, -0.15) is 15.2 Å². The monoisotopic (exact) mass is 264 g/mol. The van der Waals surface area contributed by atoms with Gasteiger partial charge in [-0.25, -0.2) is 13.4 Å². The first-order chi connectivity index (χ1) is 8.53. The molecule has 0 amide bonds. The summed E-state index contributed by atoms with van der Waals surface area (Å²) in [5.74, 6) is 0. The molecule has 1 aromatic rings. The van der Waals surface area contributed by atoms with E-state index in [2.05, 4.69) is 9.71 Å². The number of hydrogen-bond acceptors (Lipinski definition) is 5. The van der Waals surface area contributed by atoms with Crippen molar-refractivity contribution in [1.29, 1.82) is 10.5 Å². The molecule has 7 heteroatoms. The summed E-state index contributed by atoms with van der Waals surface area (Å²) >= 11 is 0. The summed E-state index contributed by atoms with van der Waals surface area (Å²) in [6, 6.07) is 5.53. The van der Waals surface area contributed by atoms with Crippen LogP contribution in [0.3, 0.4) is 0 Å². The molecule has 0 aliphatic heterocycles. The maximum Gasteiger partial charge on any atom is 0.243 e. The van der Waals surface area contributed by atoms with Crippen LogP contribution < -0.4 is 4.72 Å². The molecule has 0 saturated carbocycles. The predicted octanol–water partition coefficient (Wildman–Crippen LogP) is 0.924. The third kappa shape index (κ3) is 3.52. The molecule has 0 saturated heterocycles. The first-order valence-electron chi connectivity index (χ1n) is 5.31. The van der Waals surface area contributed by atoms with Crippen molar-refractivity contribution >= 4 is 10.0 Å². The first kappa shape index (κ1) is 14.1. The van der Waals surface area contributed by atoms with Gasteiger partial charge >= 0.3 is 0 Å². The highest BCUT2D eigenvalue weighted by Crippen LogP contribution is 2.09. The van der Waals surface area contributed by atoms with Gasteiger partial charge < -0.3 is 0 Å². The molecule has 1 rings (SSSR count). The van der Waals surface area contributed by atoms with Crippen molar-refractivity contribution in [2.24, 2.45) is 0 Å². The molecule has 0 aromatic carbocycles. The van der Waals surface area contributed by atoms with Gasteiger partial charge in [0, 0.05) is 6.20 Å². The Balaban J connectivity index is 2.93. The van der Waals surface area contributed by atoms with Gasteiger partial charge in [-0.05, 0) is 18.6 Å². The molecule has 1 unspecified atom stereocenters. The molecule has 1 atom stereocenters. The standard InChI is InChI=1S/C11H12N4O2S/c1-2-3-10(7-13)15-18(16,17)11-5-4-9(6-12)14-8-11/h4-5,8,10,15H,2-3H2,1H3. The van der Waals surface area contributed by atoms with Gasteiger partial charge in [0.25, 0.3) is 0 Å². The Labute approximate surface area is 106 Å². The maximum atomic E-state index is 11.9. The Morgan fingerprint density at radius 3 is 2.61 bits per heavy atom. The summed E-state index contributed by atoms with van der Waals surface area (Å²) in [4.78, 5) is 3.62. The molecule has 1 aromatic heterocycles. The van der Waals surface area contributed by atoms with E-state index in [9.17, 15) is 8.42 Å². The van der Waals surface area contributed by atoms with E-state index in [1.165, 1.54) is 12.1 Å². The highest BCUT2D eigenvalue weighted by atomic mass is 32.2. The lowest BCUT2D eigenvalue weighted by Crippen LogP contribution is -2.33. The molecule has 1 heterocycles. The molecule has 0 radical (unpaired) electrons. The number of nitriles is 2. The maximum absolute atomic E-state index is 11.9. The van der Waals surface area contributed by atoms with E-state index in [0.717, 1.165) is 6.20 Å². The third-order valence-corrected chi connectivity index (χ3v) is 3.65. The van der Waals surface area contributed by atoms with Crippen LogP contribution in [0.15, 0.2) is 23.2 Å². The van der Waals surface area contributed by atoms with Gasteiger partial charge in [-0.15, -0.1) is 0 Å². The second kappa shape index (κ2) is 6.10. The number of nitrogens with zero attached hydrogens (tertiary/aromatic N) is 3. The number of nitrogens with one attached hydrogen (secondary N) is 1. The summed E-state index contributed by atoms with van der Waals surface area (Å²) in [6.07, 6.45) is 2.24. The van der Waals surface area contributed by atoms with Crippen molar-refractivity contribution in [3.8, 4) is 12.1 Å². The van der Waals surface area contributed by atoms with Crippen LogP contribution in [0.1, 0.15) is 25.5 Å². The topological polar surface area (TPSA) is 107 Å². The SMILES string of the molecule is CCCC(C#N)NS(=O)(=O)c1ccc(C#N)nc1. The fraction of sp³-hybridized carbons (Fsp3) is 0.364. The van der Waals surface area contributed by atoms with E-state index in [4.69, 9.17) is 10.5 Å². The van der Waals surface area contributed by atoms with Crippen LogP contribution in [0.4, 0.5) is 0 Å². The van der Waals surface area contributed by atoms with Crippen LogP contribution >= 0.6 is 0 Å². The van der Waals surface area contributed by atoms with Crippen LogP contribution in [-0.4, -0.2) is 19.4 Å². The lowest BCUT2D eigenvalue weighted by atomic mass is 10.2. The van der Waals surface area contributed by atoms with E-state index in [0.29, 0.717) is 12.8 Å². The molecule has 0 bridgehead atoms. The van der Waals surface area contributed by atoms with Gasteiger partial charge in [0.15, 0.2) is 0 Å².